The Bertz CT molecular complexity index is 795. The van der Waals surface area contributed by atoms with E-state index in [9.17, 15) is 9.59 Å². The van der Waals surface area contributed by atoms with Gasteiger partial charge in [0, 0.05) is 23.4 Å². The number of H-pyrrole nitrogens is 1. The number of rotatable bonds is 4. The van der Waals surface area contributed by atoms with E-state index >= 15 is 0 Å². The maximum Gasteiger partial charge on any atom is 0.255 e. The normalized spacial score (nSPS) is 17.1. The highest BCUT2D eigenvalue weighted by molar-refractivity contribution is 6.06. The fraction of sp³-hybridized carbons (Fsp3) is 0.312. The summed E-state index contributed by atoms with van der Waals surface area (Å²) in [6, 6.07) is 7.05. The van der Waals surface area contributed by atoms with Crippen LogP contribution in [-0.4, -0.2) is 29.3 Å². The number of amides is 1. The lowest BCUT2D eigenvalue weighted by molar-refractivity contribution is 0.0754. The molecule has 1 aliphatic heterocycles. The van der Waals surface area contributed by atoms with Gasteiger partial charge in [-0.05, 0) is 12.5 Å². The molecule has 0 radical (unpaired) electrons. The topological polar surface area (TPSA) is 83.5 Å². The van der Waals surface area contributed by atoms with Gasteiger partial charge in [0.1, 0.15) is 6.10 Å². The van der Waals surface area contributed by atoms with E-state index in [-0.39, 0.29) is 17.6 Å². The maximum atomic E-state index is 12.4. The Morgan fingerprint density at radius 2 is 2.18 bits per heavy atom. The van der Waals surface area contributed by atoms with Crippen LogP contribution in [0, 0.1) is 0 Å². The molecule has 114 valence electrons. The Morgan fingerprint density at radius 1 is 1.41 bits per heavy atom. The predicted molar refractivity (Wildman–Crippen MR) is 84.1 cm³/mol. The van der Waals surface area contributed by atoms with Crippen LogP contribution in [0.5, 0.6) is 0 Å². The minimum atomic E-state index is -0.235. The number of aromatic nitrogens is 1. The zero-order chi connectivity index (χ0) is 15.5. The lowest BCUT2D eigenvalue weighted by atomic mass is 10.1. The third-order valence-electron chi connectivity index (χ3n) is 3.75. The number of nitrogens with zero attached hydrogens (tertiary/aromatic N) is 1. The zero-order valence-electron chi connectivity index (χ0n) is 12.3. The molecular weight excluding hydrogens is 282 g/mol. The third-order valence-corrected chi connectivity index (χ3v) is 3.75. The number of carbonyl (C=O) groups is 1. The first-order valence-electron chi connectivity index (χ1n) is 7.29. The largest absolute Gasteiger partial charge is 0.390 e. The van der Waals surface area contributed by atoms with Gasteiger partial charge >= 0.3 is 0 Å². The van der Waals surface area contributed by atoms with Crippen molar-refractivity contribution in [2.45, 2.75) is 25.9 Å². The zero-order valence-corrected chi connectivity index (χ0v) is 12.3. The van der Waals surface area contributed by atoms with Crippen molar-refractivity contribution in [2.24, 2.45) is 5.16 Å². The second-order valence-corrected chi connectivity index (χ2v) is 5.23. The molecule has 6 heteroatoms. The Morgan fingerprint density at radius 3 is 2.91 bits per heavy atom. The molecule has 1 atom stereocenters. The van der Waals surface area contributed by atoms with Crippen LogP contribution in [0.1, 0.15) is 30.1 Å². The van der Waals surface area contributed by atoms with Crippen LogP contribution in [0.4, 0.5) is 0 Å². The second kappa shape index (κ2) is 6.01. The summed E-state index contributed by atoms with van der Waals surface area (Å²) < 4.78 is 0. The van der Waals surface area contributed by atoms with Crippen LogP contribution < -0.4 is 10.9 Å². The van der Waals surface area contributed by atoms with Crippen molar-refractivity contribution in [3.8, 4) is 0 Å². The van der Waals surface area contributed by atoms with Crippen LogP contribution in [-0.2, 0) is 4.84 Å². The standard InChI is InChI=1S/C16H17N3O3/c1-2-10-7-11(22-19-10)8-17-16(21)14-9-18-15(20)13-6-4-3-5-12(13)14/h3-6,9,11H,2,7-8H2,1H3,(H,17,21)(H,18,20). The number of fused-ring (bicyclic) bond motifs is 1. The summed E-state index contributed by atoms with van der Waals surface area (Å²) in [5, 5.41) is 7.95. The van der Waals surface area contributed by atoms with Crippen molar-refractivity contribution in [1.82, 2.24) is 10.3 Å². The molecule has 1 aliphatic rings. The molecule has 2 N–H and O–H groups in total. The second-order valence-electron chi connectivity index (χ2n) is 5.23. The van der Waals surface area contributed by atoms with E-state index in [0.29, 0.717) is 22.9 Å². The molecule has 1 unspecified atom stereocenters. The van der Waals surface area contributed by atoms with Crippen molar-refractivity contribution in [3.05, 3.63) is 46.4 Å². The van der Waals surface area contributed by atoms with Gasteiger partial charge in [0.05, 0.1) is 17.8 Å². The van der Waals surface area contributed by atoms with Gasteiger partial charge in [-0.15, -0.1) is 0 Å². The maximum absolute atomic E-state index is 12.4. The van der Waals surface area contributed by atoms with Gasteiger partial charge in [-0.3, -0.25) is 9.59 Å². The molecule has 0 fully saturated rings. The van der Waals surface area contributed by atoms with Crippen molar-refractivity contribution in [1.29, 1.82) is 0 Å². The highest BCUT2D eigenvalue weighted by Crippen LogP contribution is 2.15. The third kappa shape index (κ3) is 2.72. The van der Waals surface area contributed by atoms with Crippen LogP contribution >= 0.6 is 0 Å². The molecule has 1 amide bonds. The number of benzene rings is 1. The smallest absolute Gasteiger partial charge is 0.255 e. The Balaban J connectivity index is 1.74. The van der Waals surface area contributed by atoms with Crippen molar-refractivity contribution < 1.29 is 9.63 Å². The minimum absolute atomic E-state index is 0.118. The molecule has 6 nitrogen and oxygen atoms in total. The SMILES string of the molecule is CCC1=NOC(CNC(=O)c2c[nH]c(=O)c3ccccc23)C1. The van der Waals surface area contributed by atoms with Gasteiger partial charge in [0.25, 0.3) is 11.5 Å². The average Bonchev–Trinajstić information content (AvgIpc) is 3.01. The molecule has 2 heterocycles. The molecule has 1 aromatic heterocycles. The first-order chi connectivity index (χ1) is 10.7. The van der Waals surface area contributed by atoms with Crippen LogP contribution in [0.2, 0.25) is 0 Å². The van der Waals surface area contributed by atoms with Gasteiger partial charge < -0.3 is 15.1 Å². The fourth-order valence-corrected chi connectivity index (χ4v) is 2.50. The molecule has 0 saturated heterocycles. The van der Waals surface area contributed by atoms with Crippen molar-refractivity contribution >= 4 is 22.4 Å². The molecule has 0 saturated carbocycles. The summed E-state index contributed by atoms with van der Waals surface area (Å²) in [6.07, 6.45) is 2.93. The fourth-order valence-electron chi connectivity index (χ4n) is 2.50. The molecule has 1 aromatic carbocycles. The summed E-state index contributed by atoms with van der Waals surface area (Å²) in [6.45, 7) is 2.41. The summed E-state index contributed by atoms with van der Waals surface area (Å²) in [7, 11) is 0. The van der Waals surface area contributed by atoms with E-state index in [2.05, 4.69) is 15.5 Å². The monoisotopic (exact) mass is 299 g/mol. The number of nitrogens with one attached hydrogen (secondary N) is 2. The Hall–Kier alpha value is -2.63. The van der Waals surface area contributed by atoms with E-state index in [4.69, 9.17) is 4.84 Å². The van der Waals surface area contributed by atoms with E-state index in [1.165, 1.54) is 6.20 Å². The number of hydrogen-bond donors (Lipinski definition) is 2. The van der Waals surface area contributed by atoms with E-state index in [1.807, 2.05) is 6.92 Å². The van der Waals surface area contributed by atoms with Crippen LogP contribution in [0.3, 0.4) is 0 Å². The lowest BCUT2D eigenvalue weighted by Gasteiger charge is -2.11. The lowest BCUT2D eigenvalue weighted by Crippen LogP contribution is -2.32. The number of pyridine rings is 1. The molecule has 0 bridgehead atoms. The Kier molecular flexibility index (Phi) is 3.91. The molecule has 0 aliphatic carbocycles. The molecule has 2 aromatic rings. The highest BCUT2D eigenvalue weighted by atomic mass is 16.6. The van der Waals surface area contributed by atoms with E-state index < -0.39 is 0 Å². The van der Waals surface area contributed by atoms with E-state index in [0.717, 1.165) is 18.6 Å². The number of hydrogen-bond acceptors (Lipinski definition) is 4. The Labute approximate surface area is 127 Å². The van der Waals surface area contributed by atoms with Gasteiger partial charge in [-0.1, -0.05) is 30.3 Å². The molecule has 22 heavy (non-hydrogen) atoms. The molecular formula is C16H17N3O3. The van der Waals surface area contributed by atoms with Gasteiger partial charge in [0.2, 0.25) is 0 Å². The summed E-state index contributed by atoms with van der Waals surface area (Å²) in [5.41, 5.74) is 1.26. The first-order valence-corrected chi connectivity index (χ1v) is 7.29. The minimum Gasteiger partial charge on any atom is -0.390 e. The van der Waals surface area contributed by atoms with E-state index in [1.54, 1.807) is 24.3 Å². The quantitative estimate of drug-likeness (QED) is 0.903. The number of oxime groups is 1. The van der Waals surface area contributed by atoms with Crippen molar-refractivity contribution in [2.75, 3.05) is 6.54 Å². The average molecular weight is 299 g/mol. The number of aromatic amines is 1. The van der Waals surface area contributed by atoms with Gasteiger partial charge in [-0.2, -0.15) is 0 Å². The van der Waals surface area contributed by atoms with Crippen LogP contribution in [0.15, 0.2) is 40.4 Å². The summed E-state index contributed by atoms with van der Waals surface area (Å²) >= 11 is 0. The molecule has 3 rings (SSSR count). The predicted octanol–water partition coefficient (Wildman–Crippen LogP) is 1.81. The van der Waals surface area contributed by atoms with Gasteiger partial charge in [0.15, 0.2) is 0 Å². The van der Waals surface area contributed by atoms with Gasteiger partial charge in [-0.25, -0.2) is 0 Å². The van der Waals surface area contributed by atoms with Crippen molar-refractivity contribution in [3.63, 3.8) is 0 Å². The van der Waals surface area contributed by atoms with Crippen LogP contribution in [0.25, 0.3) is 10.8 Å². The summed E-state index contributed by atoms with van der Waals surface area (Å²) in [4.78, 5) is 32.0. The first kappa shape index (κ1) is 14.3. The molecule has 0 spiro atoms. The summed E-state index contributed by atoms with van der Waals surface area (Å²) in [5.74, 6) is -0.235. The highest BCUT2D eigenvalue weighted by Gasteiger charge is 2.21. The number of carbonyl (C=O) groups excluding carboxylic acids is 1.